The van der Waals surface area contributed by atoms with Crippen molar-refractivity contribution in [1.82, 2.24) is 14.9 Å². The first-order valence-corrected chi connectivity index (χ1v) is 12.6. The molecule has 3 heterocycles. The molecule has 3 atom stereocenters. The number of hydrogen-bond donors (Lipinski definition) is 1. The van der Waals surface area contributed by atoms with Crippen molar-refractivity contribution >= 4 is 18.5 Å². The summed E-state index contributed by atoms with van der Waals surface area (Å²) in [7, 11) is -0.371. The van der Waals surface area contributed by atoms with E-state index in [9.17, 15) is 4.79 Å². The molecule has 0 bridgehead atoms. The molecule has 7 nitrogen and oxygen atoms in total. The first-order valence-electron chi connectivity index (χ1n) is 12.6. The number of rotatable bonds is 4. The lowest BCUT2D eigenvalue weighted by Crippen LogP contribution is -2.49. The van der Waals surface area contributed by atoms with E-state index in [0.717, 1.165) is 41.8 Å². The number of ether oxygens (including phenoxy) is 1. The third-order valence-corrected chi connectivity index (χ3v) is 8.18. The van der Waals surface area contributed by atoms with E-state index in [1.54, 1.807) is 0 Å². The predicted molar refractivity (Wildman–Crippen MR) is 132 cm³/mol. The molecule has 2 aromatic rings. The molecule has 5 rings (SSSR count). The smallest absolute Gasteiger partial charge is 0.399 e. The SMILES string of the molecule is C[C@@H]1COCCN1C(=O)[C@@H]1CCC[C@H]1c1ncc(-c2ccc(B3OC(C)(C)C(C)(C)O3)cc2)[nH]1. The van der Waals surface area contributed by atoms with Crippen LogP contribution in [0, 0.1) is 5.92 Å². The van der Waals surface area contributed by atoms with Crippen LogP contribution >= 0.6 is 0 Å². The van der Waals surface area contributed by atoms with Crippen LogP contribution in [0.3, 0.4) is 0 Å². The van der Waals surface area contributed by atoms with Gasteiger partial charge in [0.05, 0.1) is 42.3 Å². The summed E-state index contributed by atoms with van der Waals surface area (Å²) in [5.74, 6) is 1.30. The molecule has 182 valence electrons. The van der Waals surface area contributed by atoms with Crippen molar-refractivity contribution in [2.24, 2.45) is 5.92 Å². The molecule has 2 aliphatic heterocycles. The predicted octanol–water partition coefficient (Wildman–Crippen LogP) is 3.51. The van der Waals surface area contributed by atoms with Crippen LogP contribution in [-0.4, -0.2) is 64.9 Å². The Kier molecular flexibility index (Phi) is 6.11. The summed E-state index contributed by atoms with van der Waals surface area (Å²) in [5, 5.41) is 0. The van der Waals surface area contributed by atoms with Crippen molar-refractivity contribution in [2.45, 2.75) is 77.0 Å². The average Bonchev–Trinajstić information content (AvgIpc) is 3.52. The van der Waals surface area contributed by atoms with Gasteiger partial charge in [0, 0.05) is 18.4 Å². The largest absolute Gasteiger partial charge is 0.494 e. The van der Waals surface area contributed by atoms with E-state index in [0.29, 0.717) is 19.8 Å². The third kappa shape index (κ3) is 4.21. The molecular weight excluding hydrogens is 429 g/mol. The number of amides is 1. The van der Waals surface area contributed by atoms with Gasteiger partial charge in [-0.25, -0.2) is 4.98 Å². The molecule has 0 radical (unpaired) electrons. The quantitative estimate of drug-likeness (QED) is 0.700. The van der Waals surface area contributed by atoms with Gasteiger partial charge in [0.15, 0.2) is 0 Å². The third-order valence-electron chi connectivity index (χ3n) is 8.18. The molecule has 3 aliphatic rings. The van der Waals surface area contributed by atoms with Gasteiger partial charge in [-0.15, -0.1) is 0 Å². The summed E-state index contributed by atoms with van der Waals surface area (Å²) in [6.07, 6.45) is 4.85. The highest BCUT2D eigenvalue weighted by molar-refractivity contribution is 6.62. The van der Waals surface area contributed by atoms with Crippen LogP contribution in [0.15, 0.2) is 30.5 Å². The fourth-order valence-electron chi connectivity index (χ4n) is 5.32. The minimum absolute atomic E-state index is 0.00898. The molecule has 1 amide bonds. The zero-order chi connectivity index (χ0) is 24.1. The fourth-order valence-corrected chi connectivity index (χ4v) is 5.32. The maximum atomic E-state index is 13.3. The number of aromatic amines is 1. The molecule has 1 N–H and O–H groups in total. The topological polar surface area (TPSA) is 76.7 Å². The number of H-pyrrole nitrogens is 1. The Morgan fingerprint density at radius 1 is 1.12 bits per heavy atom. The zero-order valence-electron chi connectivity index (χ0n) is 21.0. The zero-order valence-corrected chi connectivity index (χ0v) is 21.0. The van der Waals surface area contributed by atoms with Gasteiger partial charge in [0.1, 0.15) is 5.82 Å². The van der Waals surface area contributed by atoms with Crippen LogP contribution in [0.1, 0.15) is 65.6 Å². The van der Waals surface area contributed by atoms with Gasteiger partial charge in [-0.2, -0.15) is 0 Å². The van der Waals surface area contributed by atoms with Crippen molar-refractivity contribution in [2.75, 3.05) is 19.8 Å². The van der Waals surface area contributed by atoms with Crippen molar-refractivity contribution in [3.8, 4) is 11.3 Å². The average molecular weight is 465 g/mol. The number of nitrogens with one attached hydrogen (secondary N) is 1. The Bertz CT molecular complexity index is 1020. The Morgan fingerprint density at radius 3 is 2.50 bits per heavy atom. The highest BCUT2D eigenvalue weighted by Crippen LogP contribution is 2.40. The molecule has 1 aromatic carbocycles. The summed E-state index contributed by atoms with van der Waals surface area (Å²) >= 11 is 0. The first-order chi connectivity index (χ1) is 16.2. The summed E-state index contributed by atoms with van der Waals surface area (Å²) in [4.78, 5) is 23.6. The molecule has 0 unspecified atom stereocenters. The first kappa shape index (κ1) is 23.6. The van der Waals surface area contributed by atoms with Crippen LogP contribution in [0.4, 0.5) is 0 Å². The lowest BCUT2D eigenvalue weighted by Gasteiger charge is -2.36. The van der Waals surface area contributed by atoms with Crippen LogP contribution in [0.25, 0.3) is 11.3 Å². The summed E-state index contributed by atoms with van der Waals surface area (Å²) in [5.41, 5.74) is 2.31. The molecule has 34 heavy (non-hydrogen) atoms. The Labute approximate surface area is 202 Å². The molecule has 1 aliphatic carbocycles. The summed E-state index contributed by atoms with van der Waals surface area (Å²) < 4.78 is 17.9. The number of carbonyl (C=O) groups is 1. The van der Waals surface area contributed by atoms with Crippen LogP contribution in [0.2, 0.25) is 0 Å². The molecule has 2 saturated heterocycles. The van der Waals surface area contributed by atoms with E-state index < -0.39 is 0 Å². The van der Waals surface area contributed by atoms with E-state index in [1.807, 2.05) is 11.1 Å². The normalized spacial score (nSPS) is 28.4. The van der Waals surface area contributed by atoms with Crippen LogP contribution in [0.5, 0.6) is 0 Å². The van der Waals surface area contributed by atoms with Crippen molar-refractivity contribution in [1.29, 1.82) is 0 Å². The van der Waals surface area contributed by atoms with E-state index >= 15 is 0 Å². The van der Waals surface area contributed by atoms with Crippen molar-refractivity contribution < 1.29 is 18.8 Å². The molecule has 0 spiro atoms. The van der Waals surface area contributed by atoms with Gasteiger partial charge in [-0.05, 0) is 58.5 Å². The van der Waals surface area contributed by atoms with Gasteiger partial charge in [0.2, 0.25) is 5.91 Å². The number of imidazole rings is 1. The summed E-state index contributed by atoms with van der Waals surface area (Å²) in [6.45, 7) is 12.3. The van der Waals surface area contributed by atoms with E-state index in [-0.39, 0.29) is 42.1 Å². The number of hydrogen-bond acceptors (Lipinski definition) is 5. The van der Waals surface area contributed by atoms with E-state index in [1.165, 1.54) is 0 Å². The standard InChI is InChI=1S/C26H36BN3O4/c1-17-16-32-14-13-30(17)24(31)21-8-6-7-20(21)23-28-15-22(29-23)18-9-11-19(12-10-18)27-33-25(2,3)26(4,5)34-27/h9-12,15,17,20-21H,6-8,13-14,16H2,1-5H3,(H,28,29)/t17-,20-,21-/m1/s1. The minimum atomic E-state index is -0.371. The monoisotopic (exact) mass is 465 g/mol. The number of carbonyl (C=O) groups excluding carboxylic acids is 1. The second-order valence-electron chi connectivity index (χ2n) is 11.0. The number of aromatic nitrogens is 2. The van der Waals surface area contributed by atoms with Gasteiger partial charge < -0.3 is 23.9 Å². The summed E-state index contributed by atoms with van der Waals surface area (Å²) in [6, 6.07) is 8.39. The van der Waals surface area contributed by atoms with Crippen LogP contribution in [-0.2, 0) is 18.8 Å². The van der Waals surface area contributed by atoms with Gasteiger partial charge in [-0.3, -0.25) is 4.79 Å². The molecular formula is C26H36BN3O4. The lowest BCUT2D eigenvalue weighted by atomic mass is 9.79. The van der Waals surface area contributed by atoms with Crippen LogP contribution < -0.4 is 5.46 Å². The Morgan fingerprint density at radius 2 is 1.82 bits per heavy atom. The van der Waals surface area contributed by atoms with Gasteiger partial charge in [0.25, 0.3) is 0 Å². The molecule has 8 heteroatoms. The number of benzene rings is 1. The van der Waals surface area contributed by atoms with Gasteiger partial charge in [-0.1, -0.05) is 30.7 Å². The molecule has 1 saturated carbocycles. The maximum Gasteiger partial charge on any atom is 0.494 e. The minimum Gasteiger partial charge on any atom is -0.399 e. The number of morpholine rings is 1. The number of nitrogens with zero attached hydrogens (tertiary/aromatic N) is 2. The van der Waals surface area contributed by atoms with E-state index in [2.05, 4.69) is 63.9 Å². The van der Waals surface area contributed by atoms with E-state index in [4.69, 9.17) is 19.0 Å². The second-order valence-corrected chi connectivity index (χ2v) is 11.0. The highest BCUT2D eigenvalue weighted by Gasteiger charge is 2.51. The van der Waals surface area contributed by atoms with Gasteiger partial charge >= 0.3 is 7.12 Å². The highest BCUT2D eigenvalue weighted by atomic mass is 16.7. The maximum absolute atomic E-state index is 13.3. The Hall–Kier alpha value is -2.16. The lowest BCUT2D eigenvalue weighted by molar-refractivity contribution is -0.143. The van der Waals surface area contributed by atoms with Crippen molar-refractivity contribution in [3.63, 3.8) is 0 Å². The molecule has 3 fully saturated rings. The van der Waals surface area contributed by atoms with Crippen molar-refractivity contribution in [3.05, 3.63) is 36.3 Å². The molecule has 1 aromatic heterocycles. The Balaban J connectivity index is 1.30. The fraction of sp³-hybridized carbons (Fsp3) is 0.615. The second kappa shape index (κ2) is 8.81.